The van der Waals surface area contributed by atoms with E-state index in [1.807, 2.05) is 29.4 Å². The first-order valence-electron chi connectivity index (χ1n) is 6.41. The van der Waals surface area contributed by atoms with Gasteiger partial charge in [0, 0.05) is 23.7 Å². The van der Waals surface area contributed by atoms with E-state index in [1.54, 1.807) is 11.8 Å². The first kappa shape index (κ1) is 15.2. The zero-order valence-corrected chi connectivity index (χ0v) is 13.1. The van der Waals surface area contributed by atoms with E-state index in [2.05, 4.69) is 0 Å². The summed E-state index contributed by atoms with van der Waals surface area (Å²) >= 11 is 1.54. The van der Waals surface area contributed by atoms with Gasteiger partial charge in [-0.25, -0.2) is 8.42 Å². The van der Waals surface area contributed by atoms with Gasteiger partial charge in [0.25, 0.3) is 0 Å². The number of nitrogen functional groups attached to an aromatic ring is 1. The fourth-order valence-corrected chi connectivity index (χ4v) is 4.31. The summed E-state index contributed by atoms with van der Waals surface area (Å²) < 4.78 is 23.4. The van der Waals surface area contributed by atoms with Crippen LogP contribution in [0, 0.1) is 5.41 Å². The predicted octanol–water partition coefficient (Wildman–Crippen LogP) is 1.32. The highest BCUT2D eigenvalue weighted by atomic mass is 32.2. The number of sulfone groups is 1. The molecule has 1 aromatic carbocycles. The number of rotatable bonds is 3. The molecule has 20 heavy (non-hydrogen) atoms. The summed E-state index contributed by atoms with van der Waals surface area (Å²) in [5.74, 6) is 0.423. The third-order valence-corrected chi connectivity index (χ3v) is 5.89. The van der Waals surface area contributed by atoms with Crippen molar-refractivity contribution in [3.05, 3.63) is 23.8 Å². The zero-order chi connectivity index (χ0) is 14.8. The molecular weight excluding hydrogens is 294 g/mol. The van der Waals surface area contributed by atoms with Crippen molar-refractivity contribution in [3.8, 4) is 0 Å². The van der Waals surface area contributed by atoms with Crippen LogP contribution in [-0.4, -0.2) is 45.1 Å². The van der Waals surface area contributed by atoms with Crippen LogP contribution in [-0.2, 0) is 9.84 Å². The second-order valence-corrected chi connectivity index (χ2v) is 7.91. The molecule has 2 rings (SSSR count). The topological polar surface area (TPSA) is 87.2 Å². The van der Waals surface area contributed by atoms with Gasteiger partial charge in [-0.15, -0.1) is 11.8 Å². The number of thioether (sulfide) groups is 1. The van der Waals surface area contributed by atoms with Gasteiger partial charge < -0.3 is 10.6 Å². The average molecular weight is 313 g/mol. The molecule has 3 N–H and O–H groups in total. The maximum Gasteiger partial charge on any atom is 0.152 e. The van der Waals surface area contributed by atoms with Gasteiger partial charge in [-0.05, 0) is 24.8 Å². The summed E-state index contributed by atoms with van der Waals surface area (Å²) in [6.07, 6.45) is 2.56. The third kappa shape index (κ3) is 3.27. The van der Waals surface area contributed by atoms with Gasteiger partial charge in [0.15, 0.2) is 9.84 Å². The smallest absolute Gasteiger partial charge is 0.152 e. The van der Waals surface area contributed by atoms with Gasteiger partial charge in [-0.3, -0.25) is 5.41 Å². The maximum atomic E-state index is 11.7. The monoisotopic (exact) mass is 313 g/mol. The van der Waals surface area contributed by atoms with Gasteiger partial charge >= 0.3 is 0 Å². The van der Waals surface area contributed by atoms with E-state index in [-0.39, 0.29) is 17.3 Å². The summed E-state index contributed by atoms with van der Waals surface area (Å²) in [5, 5.41) is 7.79. The molecule has 110 valence electrons. The lowest BCUT2D eigenvalue weighted by Crippen LogP contribution is -2.29. The predicted molar refractivity (Wildman–Crippen MR) is 84.7 cm³/mol. The van der Waals surface area contributed by atoms with Crippen LogP contribution in [0.2, 0.25) is 0 Å². The SMILES string of the molecule is CSc1cccc(N2CCCS(=O)(=O)CC2)c1C(=N)N. The lowest BCUT2D eigenvalue weighted by atomic mass is 10.1. The molecule has 7 heteroatoms. The number of amidine groups is 1. The fourth-order valence-electron chi connectivity index (χ4n) is 2.40. The largest absolute Gasteiger partial charge is 0.384 e. The highest BCUT2D eigenvalue weighted by molar-refractivity contribution is 7.98. The van der Waals surface area contributed by atoms with Crippen LogP contribution < -0.4 is 10.6 Å². The molecule has 0 amide bonds. The molecule has 0 bridgehead atoms. The summed E-state index contributed by atoms with van der Waals surface area (Å²) in [6, 6.07) is 5.76. The number of benzene rings is 1. The Balaban J connectivity index is 2.39. The summed E-state index contributed by atoms with van der Waals surface area (Å²) in [5.41, 5.74) is 7.29. The van der Waals surface area contributed by atoms with Crippen LogP contribution >= 0.6 is 11.8 Å². The minimum absolute atomic E-state index is 0.0251. The zero-order valence-electron chi connectivity index (χ0n) is 11.4. The Bertz CT molecular complexity index is 614. The molecule has 0 saturated carbocycles. The molecule has 1 heterocycles. The van der Waals surface area contributed by atoms with Crippen LogP contribution in [0.25, 0.3) is 0 Å². The second-order valence-electron chi connectivity index (χ2n) is 4.76. The van der Waals surface area contributed by atoms with Gasteiger partial charge in [0.1, 0.15) is 5.84 Å². The van der Waals surface area contributed by atoms with E-state index in [0.717, 1.165) is 10.6 Å². The minimum Gasteiger partial charge on any atom is -0.384 e. The number of nitrogens with two attached hydrogens (primary N) is 1. The van der Waals surface area contributed by atoms with E-state index in [4.69, 9.17) is 11.1 Å². The molecule has 0 radical (unpaired) electrons. The molecule has 1 aliphatic heterocycles. The molecule has 0 atom stereocenters. The van der Waals surface area contributed by atoms with Crippen molar-refractivity contribution < 1.29 is 8.42 Å². The highest BCUT2D eigenvalue weighted by Gasteiger charge is 2.22. The van der Waals surface area contributed by atoms with E-state index >= 15 is 0 Å². The molecular formula is C13H19N3O2S2. The summed E-state index contributed by atoms with van der Waals surface area (Å²) in [7, 11) is -2.94. The molecule has 1 aromatic rings. The lowest BCUT2D eigenvalue weighted by molar-refractivity contribution is 0.597. The molecule has 1 fully saturated rings. The third-order valence-electron chi connectivity index (χ3n) is 3.39. The number of hydrogen-bond donors (Lipinski definition) is 2. The van der Waals surface area contributed by atoms with E-state index in [1.165, 1.54) is 0 Å². The summed E-state index contributed by atoms with van der Waals surface area (Å²) in [6.45, 7) is 1.14. The van der Waals surface area contributed by atoms with Crippen LogP contribution in [0.15, 0.2) is 23.1 Å². The van der Waals surface area contributed by atoms with Crippen LogP contribution in [0.1, 0.15) is 12.0 Å². The number of hydrogen-bond acceptors (Lipinski definition) is 5. The molecule has 0 unspecified atom stereocenters. The van der Waals surface area contributed by atoms with Gasteiger partial charge in [0.05, 0.1) is 17.1 Å². The minimum atomic E-state index is -2.94. The van der Waals surface area contributed by atoms with Crippen molar-refractivity contribution in [1.29, 1.82) is 5.41 Å². The van der Waals surface area contributed by atoms with Crippen LogP contribution in [0.3, 0.4) is 0 Å². The Hall–Kier alpha value is -1.21. The van der Waals surface area contributed by atoms with Crippen LogP contribution in [0.4, 0.5) is 5.69 Å². The summed E-state index contributed by atoms with van der Waals surface area (Å²) in [4.78, 5) is 2.98. The molecule has 1 saturated heterocycles. The Kier molecular flexibility index (Phi) is 4.59. The number of nitrogens with zero attached hydrogens (tertiary/aromatic N) is 1. The van der Waals surface area contributed by atoms with Crippen molar-refractivity contribution in [1.82, 2.24) is 0 Å². The Morgan fingerprint density at radius 1 is 1.35 bits per heavy atom. The van der Waals surface area contributed by atoms with Gasteiger partial charge in [0.2, 0.25) is 0 Å². The Morgan fingerprint density at radius 2 is 2.10 bits per heavy atom. The van der Waals surface area contributed by atoms with Gasteiger partial charge in [-0.2, -0.15) is 0 Å². The molecule has 0 aliphatic carbocycles. The highest BCUT2D eigenvalue weighted by Crippen LogP contribution is 2.30. The molecule has 0 spiro atoms. The Morgan fingerprint density at radius 3 is 2.75 bits per heavy atom. The fraction of sp³-hybridized carbons (Fsp3) is 0.462. The van der Waals surface area contributed by atoms with Crippen molar-refractivity contribution in [3.63, 3.8) is 0 Å². The first-order chi connectivity index (χ1) is 9.44. The van der Waals surface area contributed by atoms with Crippen molar-refractivity contribution in [2.24, 2.45) is 5.73 Å². The number of nitrogens with one attached hydrogen (secondary N) is 1. The molecule has 5 nitrogen and oxygen atoms in total. The molecule has 0 aromatic heterocycles. The van der Waals surface area contributed by atoms with E-state index in [0.29, 0.717) is 25.1 Å². The molecule has 1 aliphatic rings. The van der Waals surface area contributed by atoms with Crippen molar-refractivity contribution in [2.75, 3.05) is 35.8 Å². The van der Waals surface area contributed by atoms with E-state index < -0.39 is 9.84 Å². The second kappa shape index (κ2) is 6.05. The average Bonchev–Trinajstić information content (AvgIpc) is 2.58. The van der Waals surface area contributed by atoms with Crippen LogP contribution in [0.5, 0.6) is 0 Å². The normalized spacial score (nSPS) is 18.6. The van der Waals surface area contributed by atoms with Crippen molar-refractivity contribution in [2.45, 2.75) is 11.3 Å². The number of anilines is 1. The standard InChI is InChI=1S/C13H19N3O2S2/c1-19-11-5-2-4-10(12(11)13(14)15)16-6-3-8-20(17,18)9-7-16/h2,4-5H,3,6-9H2,1H3,(H3,14,15). The van der Waals surface area contributed by atoms with E-state index in [9.17, 15) is 8.42 Å². The quantitative estimate of drug-likeness (QED) is 0.499. The maximum absolute atomic E-state index is 11.7. The van der Waals surface area contributed by atoms with Crippen molar-refractivity contribution >= 4 is 33.1 Å². The lowest BCUT2D eigenvalue weighted by Gasteiger charge is -2.25. The Labute approximate surface area is 124 Å². The first-order valence-corrected chi connectivity index (χ1v) is 9.46. The van der Waals surface area contributed by atoms with Gasteiger partial charge in [-0.1, -0.05) is 6.07 Å².